The number of aliphatic carboxylic acids is 1. The molecule has 2 N–H and O–H groups in total. The minimum atomic E-state index is -5.08. The predicted molar refractivity (Wildman–Crippen MR) is 51.3 cm³/mol. The molecule has 0 aromatic rings. The quantitative estimate of drug-likeness (QED) is 0.648. The van der Waals surface area contributed by atoms with Crippen molar-refractivity contribution in [3.8, 4) is 0 Å². The maximum absolute atomic E-state index is 10.9. The van der Waals surface area contributed by atoms with Gasteiger partial charge in [-0.2, -0.15) is 13.2 Å². The molecule has 2 bridgehead atoms. The minimum Gasteiger partial charge on any atom is -0.475 e. The molecule has 3 aliphatic heterocycles. The van der Waals surface area contributed by atoms with Crippen LogP contribution in [0.2, 0.25) is 0 Å². The molecule has 3 heterocycles. The van der Waals surface area contributed by atoms with Crippen LogP contribution in [0, 0.1) is 0 Å². The fourth-order valence-electron chi connectivity index (χ4n) is 1.77. The van der Waals surface area contributed by atoms with Gasteiger partial charge in [0.25, 0.3) is 0 Å². The van der Waals surface area contributed by atoms with Gasteiger partial charge in [-0.15, -0.1) is 0 Å². The van der Waals surface area contributed by atoms with Crippen LogP contribution in [0.25, 0.3) is 0 Å². The van der Waals surface area contributed by atoms with E-state index in [9.17, 15) is 18.0 Å². The van der Waals surface area contributed by atoms with Crippen molar-refractivity contribution in [1.82, 2.24) is 10.2 Å². The number of carbonyl (C=O) groups excluding carboxylic acids is 1. The van der Waals surface area contributed by atoms with E-state index in [4.69, 9.17) is 9.90 Å². The number of nitrogens with one attached hydrogen (secondary N) is 1. The summed E-state index contributed by atoms with van der Waals surface area (Å²) < 4.78 is 31.7. The smallest absolute Gasteiger partial charge is 0.475 e. The molecular formula is C9H13F3N2O3. The molecule has 5 nitrogen and oxygen atoms in total. The van der Waals surface area contributed by atoms with Gasteiger partial charge in [-0.3, -0.25) is 4.79 Å². The highest BCUT2D eigenvalue weighted by molar-refractivity contribution is 5.73. The van der Waals surface area contributed by atoms with E-state index in [1.54, 1.807) is 6.92 Å². The van der Waals surface area contributed by atoms with Crippen molar-refractivity contribution in [3.05, 3.63) is 0 Å². The van der Waals surface area contributed by atoms with Crippen LogP contribution in [-0.2, 0) is 9.59 Å². The number of amides is 1. The zero-order valence-corrected chi connectivity index (χ0v) is 9.12. The number of piperidine rings is 1. The number of rotatable bonds is 0. The normalized spacial score (nSPS) is 26.5. The van der Waals surface area contributed by atoms with Crippen LogP contribution >= 0.6 is 0 Å². The van der Waals surface area contributed by atoms with Crippen LogP contribution in [0.3, 0.4) is 0 Å². The Morgan fingerprint density at radius 2 is 1.65 bits per heavy atom. The second kappa shape index (κ2) is 4.91. The van der Waals surface area contributed by atoms with E-state index in [1.807, 2.05) is 4.90 Å². The Morgan fingerprint density at radius 1 is 1.29 bits per heavy atom. The number of hydrogen-bond acceptors (Lipinski definition) is 3. The highest BCUT2D eigenvalue weighted by Gasteiger charge is 2.38. The molecule has 2 atom stereocenters. The molecule has 0 aromatic heterocycles. The summed E-state index contributed by atoms with van der Waals surface area (Å²) >= 11 is 0. The summed E-state index contributed by atoms with van der Waals surface area (Å²) in [5.74, 6) is -2.54. The molecule has 0 radical (unpaired) electrons. The second-order valence-electron chi connectivity index (χ2n) is 4.02. The van der Waals surface area contributed by atoms with Gasteiger partial charge in [0.1, 0.15) is 0 Å². The molecule has 0 saturated carbocycles. The molecular weight excluding hydrogens is 241 g/mol. The lowest BCUT2D eigenvalue weighted by Crippen LogP contribution is -2.67. The first kappa shape index (κ1) is 13.8. The summed E-state index contributed by atoms with van der Waals surface area (Å²) in [6.45, 7) is 3.49. The number of nitrogens with zero attached hydrogens (tertiary/aromatic N) is 1. The summed E-state index contributed by atoms with van der Waals surface area (Å²) in [5.41, 5.74) is 0. The summed E-state index contributed by atoms with van der Waals surface area (Å²) in [4.78, 5) is 21.7. The molecule has 0 aromatic carbocycles. The van der Waals surface area contributed by atoms with Crippen LogP contribution in [0.15, 0.2) is 0 Å². The summed E-state index contributed by atoms with van der Waals surface area (Å²) in [7, 11) is 0. The molecule has 3 aliphatic rings. The summed E-state index contributed by atoms with van der Waals surface area (Å²) in [5, 5.41) is 10.5. The van der Waals surface area contributed by atoms with E-state index >= 15 is 0 Å². The Morgan fingerprint density at radius 3 is 1.82 bits per heavy atom. The van der Waals surface area contributed by atoms with Crippen molar-refractivity contribution in [2.45, 2.75) is 31.6 Å². The van der Waals surface area contributed by atoms with Gasteiger partial charge in [-0.25, -0.2) is 4.79 Å². The number of carbonyl (C=O) groups is 2. The van der Waals surface area contributed by atoms with Crippen LogP contribution in [0.1, 0.15) is 13.3 Å². The van der Waals surface area contributed by atoms with Gasteiger partial charge >= 0.3 is 12.1 Å². The molecule has 3 fully saturated rings. The molecule has 3 rings (SSSR count). The van der Waals surface area contributed by atoms with Crippen molar-refractivity contribution in [1.29, 1.82) is 0 Å². The van der Waals surface area contributed by atoms with Gasteiger partial charge in [0, 0.05) is 32.1 Å². The van der Waals surface area contributed by atoms with Gasteiger partial charge < -0.3 is 15.3 Å². The number of alkyl halides is 3. The topological polar surface area (TPSA) is 69.6 Å². The average Bonchev–Trinajstić information content (AvgIpc) is 2.16. The SMILES string of the molecule is CC(=O)N1CC2CC(C1)N2.O=C(O)C(F)(F)F. The first-order valence-corrected chi connectivity index (χ1v) is 5.02. The lowest BCUT2D eigenvalue weighted by molar-refractivity contribution is -0.192. The maximum Gasteiger partial charge on any atom is 0.490 e. The zero-order chi connectivity index (χ0) is 13.2. The van der Waals surface area contributed by atoms with E-state index in [-0.39, 0.29) is 5.91 Å². The second-order valence-corrected chi connectivity index (χ2v) is 4.02. The monoisotopic (exact) mass is 254 g/mol. The number of halogens is 3. The number of fused-ring (bicyclic) bond motifs is 2. The van der Waals surface area contributed by atoms with Crippen molar-refractivity contribution in [2.75, 3.05) is 13.1 Å². The zero-order valence-electron chi connectivity index (χ0n) is 9.12. The Labute approximate surface area is 95.6 Å². The largest absolute Gasteiger partial charge is 0.490 e. The molecule has 2 unspecified atom stereocenters. The maximum atomic E-state index is 10.9. The van der Waals surface area contributed by atoms with Gasteiger partial charge in [0.2, 0.25) is 5.91 Å². The van der Waals surface area contributed by atoms with Crippen LogP contribution in [0.4, 0.5) is 13.2 Å². The third-order valence-corrected chi connectivity index (χ3v) is 2.61. The fraction of sp³-hybridized carbons (Fsp3) is 0.778. The lowest BCUT2D eigenvalue weighted by Gasteiger charge is -2.48. The van der Waals surface area contributed by atoms with Gasteiger partial charge in [-0.05, 0) is 6.42 Å². The molecule has 98 valence electrons. The van der Waals surface area contributed by atoms with E-state index in [0.717, 1.165) is 13.1 Å². The predicted octanol–water partition coefficient (Wildman–Crippen LogP) is 0.212. The molecule has 8 heteroatoms. The molecule has 17 heavy (non-hydrogen) atoms. The molecule has 0 aliphatic carbocycles. The van der Waals surface area contributed by atoms with Crippen LogP contribution < -0.4 is 5.32 Å². The third-order valence-electron chi connectivity index (χ3n) is 2.61. The molecule has 1 amide bonds. The first-order chi connectivity index (χ1) is 7.70. The number of piperazine rings is 1. The van der Waals surface area contributed by atoms with Gasteiger partial charge in [0.05, 0.1) is 0 Å². The van der Waals surface area contributed by atoms with E-state index in [2.05, 4.69) is 5.32 Å². The number of carboxylic acids is 1. The lowest BCUT2D eigenvalue weighted by atomic mass is 9.91. The molecule has 3 saturated heterocycles. The van der Waals surface area contributed by atoms with Crippen molar-refractivity contribution in [3.63, 3.8) is 0 Å². The third kappa shape index (κ3) is 3.88. The number of carboxylic acid groups (broad SMARTS) is 1. The van der Waals surface area contributed by atoms with Crippen LogP contribution in [-0.4, -0.2) is 53.2 Å². The standard InChI is InChI=1S/C7H12N2O.C2HF3O2/c1-5(10)9-3-6-2-7(4-9)8-6;3-2(4,5)1(6)7/h6-8H,2-4H2,1H3;(H,6,7). The Hall–Kier alpha value is -1.31. The number of hydrogen-bond donors (Lipinski definition) is 2. The van der Waals surface area contributed by atoms with E-state index in [0.29, 0.717) is 12.1 Å². The Bertz CT molecular complexity index is 303. The van der Waals surface area contributed by atoms with Gasteiger partial charge in [-0.1, -0.05) is 0 Å². The van der Waals surface area contributed by atoms with Gasteiger partial charge in [0.15, 0.2) is 0 Å². The van der Waals surface area contributed by atoms with Crippen molar-refractivity contribution < 1.29 is 27.9 Å². The van der Waals surface area contributed by atoms with Crippen LogP contribution in [0.5, 0.6) is 0 Å². The molecule has 0 spiro atoms. The summed E-state index contributed by atoms with van der Waals surface area (Å²) in [6, 6.07) is 1.20. The highest BCUT2D eigenvalue weighted by Crippen LogP contribution is 2.20. The van der Waals surface area contributed by atoms with Crippen molar-refractivity contribution >= 4 is 11.9 Å². The minimum absolute atomic E-state index is 0.219. The Balaban J connectivity index is 0.000000185. The fourth-order valence-corrected chi connectivity index (χ4v) is 1.77. The average molecular weight is 254 g/mol. The first-order valence-electron chi connectivity index (χ1n) is 5.02. The highest BCUT2D eigenvalue weighted by atomic mass is 19.4. The van der Waals surface area contributed by atoms with E-state index < -0.39 is 12.1 Å². The summed E-state index contributed by atoms with van der Waals surface area (Å²) in [6.07, 6.45) is -3.82. The van der Waals surface area contributed by atoms with E-state index in [1.165, 1.54) is 6.42 Å². The Kier molecular flexibility index (Phi) is 3.97. The van der Waals surface area contributed by atoms with Crippen molar-refractivity contribution in [2.24, 2.45) is 0 Å².